The second-order valence-corrected chi connectivity index (χ2v) is 4.58. The van der Waals surface area contributed by atoms with Crippen molar-refractivity contribution in [3.05, 3.63) is 33.8 Å². The fraction of sp³-hybridized carbons (Fsp3) is 0.429. The van der Waals surface area contributed by atoms with Gasteiger partial charge in [-0.05, 0) is 58.2 Å². The predicted octanol–water partition coefficient (Wildman–Crippen LogP) is 3.48. The third-order valence-electron chi connectivity index (χ3n) is 3.59. The third kappa shape index (κ3) is 1.41. The van der Waals surface area contributed by atoms with Crippen LogP contribution in [-0.4, -0.2) is 9.97 Å². The molecule has 16 heavy (non-hydrogen) atoms. The van der Waals surface area contributed by atoms with E-state index in [9.17, 15) is 0 Å². The van der Waals surface area contributed by atoms with Crippen LogP contribution in [0.3, 0.4) is 0 Å². The number of nitrogens with zero attached hydrogens (tertiary/aromatic N) is 2. The Kier molecular flexibility index (Phi) is 2.45. The van der Waals surface area contributed by atoms with Gasteiger partial charge in [-0.1, -0.05) is 0 Å². The summed E-state index contributed by atoms with van der Waals surface area (Å²) in [6.45, 7) is 12.6. The van der Waals surface area contributed by atoms with Gasteiger partial charge in [-0.2, -0.15) is 0 Å². The Morgan fingerprint density at radius 3 is 1.75 bits per heavy atom. The first-order valence-electron chi connectivity index (χ1n) is 5.64. The summed E-state index contributed by atoms with van der Waals surface area (Å²) in [4.78, 5) is 9.23. The van der Waals surface area contributed by atoms with E-state index in [1.54, 1.807) is 0 Å². The molecule has 84 valence electrons. The minimum atomic E-state index is 1.03. The molecular weight excluding hydrogens is 196 g/mol. The van der Waals surface area contributed by atoms with Crippen LogP contribution < -0.4 is 0 Å². The number of fused-ring (bicyclic) bond motifs is 1. The lowest BCUT2D eigenvalue weighted by atomic mass is 9.98. The molecule has 2 nitrogen and oxygen atoms in total. The maximum absolute atomic E-state index is 4.68. The molecule has 0 radical (unpaired) electrons. The minimum absolute atomic E-state index is 1.03. The van der Waals surface area contributed by atoms with Gasteiger partial charge in [0, 0.05) is 16.8 Å². The van der Waals surface area contributed by atoms with E-state index in [1.807, 2.05) is 6.92 Å². The lowest BCUT2D eigenvalue weighted by Gasteiger charge is -2.14. The van der Waals surface area contributed by atoms with Gasteiger partial charge in [-0.3, -0.25) is 9.97 Å². The first kappa shape index (κ1) is 11.1. The van der Waals surface area contributed by atoms with E-state index < -0.39 is 0 Å². The molecule has 0 amide bonds. The molecule has 2 heterocycles. The van der Waals surface area contributed by atoms with Gasteiger partial charge in [0.05, 0.1) is 11.2 Å². The average Bonchev–Trinajstić information content (AvgIpc) is 2.22. The smallest absolute Gasteiger partial charge is 0.0923 e. The van der Waals surface area contributed by atoms with Gasteiger partial charge in [-0.15, -0.1) is 0 Å². The zero-order chi connectivity index (χ0) is 12.0. The van der Waals surface area contributed by atoms with Crippen molar-refractivity contribution in [1.82, 2.24) is 9.97 Å². The number of aryl methyl sites for hydroxylation is 5. The minimum Gasteiger partial charge on any atom is -0.256 e. The summed E-state index contributed by atoms with van der Waals surface area (Å²) >= 11 is 0. The molecule has 0 aliphatic heterocycles. The van der Waals surface area contributed by atoms with Crippen LogP contribution in [0, 0.1) is 41.5 Å². The van der Waals surface area contributed by atoms with Crippen LogP contribution in [0.2, 0.25) is 0 Å². The number of hydrogen-bond acceptors (Lipinski definition) is 2. The average molecular weight is 214 g/mol. The summed E-state index contributed by atoms with van der Waals surface area (Å²) in [6.07, 6.45) is 0. The van der Waals surface area contributed by atoms with Gasteiger partial charge in [0.1, 0.15) is 0 Å². The van der Waals surface area contributed by atoms with E-state index in [0.717, 1.165) is 22.6 Å². The van der Waals surface area contributed by atoms with Crippen molar-refractivity contribution in [1.29, 1.82) is 0 Å². The SMILES string of the molecule is Cc1nc2c(C)nc(C)c(C)c2c(C)c1C. The highest BCUT2D eigenvalue weighted by molar-refractivity contribution is 5.88. The quantitative estimate of drug-likeness (QED) is 0.671. The van der Waals surface area contributed by atoms with E-state index in [0.29, 0.717) is 0 Å². The van der Waals surface area contributed by atoms with E-state index in [1.165, 1.54) is 22.1 Å². The van der Waals surface area contributed by atoms with Crippen LogP contribution in [0.5, 0.6) is 0 Å². The van der Waals surface area contributed by atoms with Crippen molar-refractivity contribution < 1.29 is 0 Å². The highest BCUT2D eigenvalue weighted by Crippen LogP contribution is 2.27. The van der Waals surface area contributed by atoms with E-state index in [-0.39, 0.29) is 0 Å². The molecule has 2 rings (SSSR count). The standard InChI is InChI=1S/C14H18N2/c1-7-8(2)13-9(3)11(5)15-12(6)14(13)16-10(7)4/h1-6H3. The molecular formula is C14H18N2. The van der Waals surface area contributed by atoms with Crippen molar-refractivity contribution in [2.75, 3.05) is 0 Å². The Morgan fingerprint density at radius 1 is 0.562 bits per heavy atom. The summed E-state index contributed by atoms with van der Waals surface area (Å²) in [6, 6.07) is 0. The molecule has 0 saturated carbocycles. The normalized spacial score (nSPS) is 11.1. The topological polar surface area (TPSA) is 25.8 Å². The van der Waals surface area contributed by atoms with Gasteiger partial charge in [0.15, 0.2) is 0 Å². The van der Waals surface area contributed by atoms with Gasteiger partial charge >= 0.3 is 0 Å². The van der Waals surface area contributed by atoms with Crippen molar-refractivity contribution in [3.8, 4) is 0 Å². The molecule has 2 aromatic rings. The molecule has 2 heteroatoms. The molecule has 0 bridgehead atoms. The largest absolute Gasteiger partial charge is 0.256 e. The Bertz CT molecular complexity index is 583. The van der Waals surface area contributed by atoms with Crippen molar-refractivity contribution in [3.63, 3.8) is 0 Å². The summed E-state index contributed by atoms with van der Waals surface area (Å²) in [5.41, 5.74) is 8.20. The van der Waals surface area contributed by atoms with Crippen LogP contribution in [-0.2, 0) is 0 Å². The molecule has 0 aliphatic rings. The molecule has 2 aromatic heterocycles. The van der Waals surface area contributed by atoms with Crippen LogP contribution >= 0.6 is 0 Å². The fourth-order valence-electron chi connectivity index (χ4n) is 2.23. The Balaban J connectivity index is 3.07. The highest BCUT2D eigenvalue weighted by atomic mass is 14.8. The maximum Gasteiger partial charge on any atom is 0.0923 e. The molecule has 0 aliphatic carbocycles. The first-order chi connectivity index (χ1) is 7.43. The number of rotatable bonds is 0. The lowest BCUT2D eigenvalue weighted by Crippen LogP contribution is -2.01. The van der Waals surface area contributed by atoms with E-state index in [2.05, 4.69) is 44.6 Å². The zero-order valence-corrected chi connectivity index (χ0v) is 10.9. The number of aromatic nitrogens is 2. The van der Waals surface area contributed by atoms with Gasteiger partial charge in [-0.25, -0.2) is 0 Å². The highest BCUT2D eigenvalue weighted by Gasteiger charge is 2.12. The Hall–Kier alpha value is -1.44. The van der Waals surface area contributed by atoms with Crippen molar-refractivity contribution in [2.45, 2.75) is 41.5 Å². The summed E-state index contributed by atoms with van der Waals surface area (Å²) in [5.74, 6) is 0. The second-order valence-electron chi connectivity index (χ2n) is 4.58. The second kappa shape index (κ2) is 3.55. The van der Waals surface area contributed by atoms with Gasteiger partial charge in [0.2, 0.25) is 0 Å². The van der Waals surface area contributed by atoms with Crippen molar-refractivity contribution >= 4 is 10.9 Å². The molecule has 0 aromatic carbocycles. The van der Waals surface area contributed by atoms with Crippen LogP contribution in [0.1, 0.15) is 33.8 Å². The molecule has 0 saturated heterocycles. The third-order valence-corrected chi connectivity index (χ3v) is 3.59. The fourth-order valence-corrected chi connectivity index (χ4v) is 2.23. The van der Waals surface area contributed by atoms with E-state index in [4.69, 9.17) is 0 Å². The maximum atomic E-state index is 4.68. The summed E-state index contributed by atoms with van der Waals surface area (Å²) < 4.78 is 0. The van der Waals surface area contributed by atoms with Crippen LogP contribution in [0.25, 0.3) is 10.9 Å². The summed E-state index contributed by atoms with van der Waals surface area (Å²) in [5, 5.41) is 1.29. The zero-order valence-electron chi connectivity index (χ0n) is 10.9. The van der Waals surface area contributed by atoms with Gasteiger partial charge in [0.25, 0.3) is 0 Å². The summed E-state index contributed by atoms with van der Waals surface area (Å²) in [7, 11) is 0. The Labute approximate surface area is 96.7 Å². The molecule has 0 unspecified atom stereocenters. The lowest BCUT2D eigenvalue weighted by molar-refractivity contribution is 1.08. The first-order valence-corrected chi connectivity index (χ1v) is 5.64. The van der Waals surface area contributed by atoms with Crippen LogP contribution in [0.4, 0.5) is 0 Å². The predicted molar refractivity (Wildman–Crippen MR) is 68.0 cm³/mol. The molecule has 0 fully saturated rings. The number of pyridine rings is 2. The Morgan fingerprint density at radius 2 is 1.12 bits per heavy atom. The monoisotopic (exact) mass is 214 g/mol. The van der Waals surface area contributed by atoms with E-state index >= 15 is 0 Å². The molecule has 0 atom stereocenters. The van der Waals surface area contributed by atoms with Crippen molar-refractivity contribution in [2.24, 2.45) is 0 Å². The molecule has 0 N–H and O–H groups in total. The molecule has 0 spiro atoms. The van der Waals surface area contributed by atoms with Gasteiger partial charge < -0.3 is 0 Å². The number of hydrogen-bond donors (Lipinski definition) is 0. The van der Waals surface area contributed by atoms with Crippen LogP contribution in [0.15, 0.2) is 0 Å².